The van der Waals surface area contributed by atoms with Crippen LogP contribution in [0.25, 0.3) is 0 Å². The molecule has 0 saturated heterocycles. The number of carbonyl (C=O) groups excluding carboxylic acids is 1. The van der Waals surface area contributed by atoms with Crippen molar-refractivity contribution in [2.75, 3.05) is 0 Å². The lowest BCUT2D eigenvalue weighted by atomic mass is 9.87. The SMILES string of the molecule is CC1CCCC(NC(=O)c2ccc(F)cc2Cl)C1. The number of hydrogen-bond donors (Lipinski definition) is 1. The van der Waals surface area contributed by atoms with Crippen LogP contribution < -0.4 is 5.32 Å². The van der Waals surface area contributed by atoms with Crippen LogP contribution in [0.2, 0.25) is 5.02 Å². The molecule has 0 aromatic heterocycles. The molecule has 1 aliphatic carbocycles. The highest BCUT2D eigenvalue weighted by molar-refractivity contribution is 6.33. The maximum absolute atomic E-state index is 12.9. The Kier molecular flexibility index (Phi) is 4.23. The predicted molar refractivity (Wildman–Crippen MR) is 70.3 cm³/mol. The van der Waals surface area contributed by atoms with Gasteiger partial charge in [-0.25, -0.2) is 4.39 Å². The number of benzene rings is 1. The molecule has 1 amide bonds. The molecule has 1 aromatic carbocycles. The lowest BCUT2D eigenvalue weighted by Gasteiger charge is -2.27. The van der Waals surface area contributed by atoms with Gasteiger partial charge in [0.1, 0.15) is 5.82 Å². The third-order valence-electron chi connectivity index (χ3n) is 3.45. The van der Waals surface area contributed by atoms with Crippen molar-refractivity contribution < 1.29 is 9.18 Å². The first-order chi connectivity index (χ1) is 8.56. The van der Waals surface area contributed by atoms with Gasteiger partial charge in [0.25, 0.3) is 5.91 Å². The number of nitrogens with one attached hydrogen (secondary N) is 1. The molecule has 18 heavy (non-hydrogen) atoms. The lowest BCUT2D eigenvalue weighted by Crippen LogP contribution is -2.38. The highest BCUT2D eigenvalue weighted by Crippen LogP contribution is 2.24. The Morgan fingerprint density at radius 1 is 1.44 bits per heavy atom. The highest BCUT2D eigenvalue weighted by atomic mass is 35.5. The van der Waals surface area contributed by atoms with Crippen LogP contribution in [0.4, 0.5) is 4.39 Å². The van der Waals surface area contributed by atoms with E-state index in [1.807, 2.05) is 0 Å². The summed E-state index contributed by atoms with van der Waals surface area (Å²) in [4.78, 5) is 12.0. The van der Waals surface area contributed by atoms with E-state index in [1.54, 1.807) is 0 Å². The van der Waals surface area contributed by atoms with Gasteiger partial charge < -0.3 is 5.32 Å². The van der Waals surface area contributed by atoms with Gasteiger partial charge in [0.2, 0.25) is 0 Å². The Labute approximate surface area is 112 Å². The molecule has 1 aromatic rings. The summed E-state index contributed by atoms with van der Waals surface area (Å²) in [5.41, 5.74) is 0.344. The minimum atomic E-state index is -0.428. The molecule has 2 nitrogen and oxygen atoms in total. The summed E-state index contributed by atoms with van der Waals surface area (Å²) in [6.45, 7) is 2.20. The summed E-state index contributed by atoms with van der Waals surface area (Å²) >= 11 is 5.87. The van der Waals surface area contributed by atoms with E-state index in [1.165, 1.54) is 24.6 Å². The molecular weight excluding hydrogens is 253 g/mol. The highest BCUT2D eigenvalue weighted by Gasteiger charge is 2.21. The van der Waals surface area contributed by atoms with Gasteiger partial charge in [0.05, 0.1) is 10.6 Å². The Morgan fingerprint density at radius 3 is 2.89 bits per heavy atom. The second kappa shape index (κ2) is 5.70. The van der Waals surface area contributed by atoms with Crippen LogP contribution in [0, 0.1) is 11.7 Å². The second-order valence-corrected chi connectivity index (χ2v) is 5.47. The van der Waals surface area contributed by atoms with Gasteiger partial charge >= 0.3 is 0 Å². The van der Waals surface area contributed by atoms with Gasteiger partial charge in [-0.15, -0.1) is 0 Å². The largest absolute Gasteiger partial charge is 0.349 e. The van der Waals surface area contributed by atoms with Crippen molar-refractivity contribution in [3.8, 4) is 0 Å². The van der Waals surface area contributed by atoms with E-state index in [2.05, 4.69) is 12.2 Å². The molecule has 0 heterocycles. The van der Waals surface area contributed by atoms with Crippen LogP contribution in [0.3, 0.4) is 0 Å². The van der Waals surface area contributed by atoms with E-state index in [4.69, 9.17) is 11.6 Å². The quantitative estimate of drug-likeness (QED) is 0.870. The number of rotatable bonds is 2. The summed E-state index contributed by atoms with van der Waals surface area (Å²) in [6.07, 6.45) is 4.38. The zero-order chi connectivity index (χ0) is 13.1. The summed E-state index contributed by atoms with van der Waals surface area (Å²) in [5, 5.41) is 3.14. The minimum absolute atomic E-state index is 0.163. The smallest absolute Gasteiger partial charge is 0.253 e. The zero-order valence-electron chi connectivity index (χ0n) is 10.4. The van der Waals surface area contributed by atoms with Gasteiger partial charge in [0, 0.05) is 6.04 Å². The molecule has 4 heteroatoms. The van der Waals surface area contributed by atoms with E-state index in [-0.39, 0.29) is 17.0 Å². The topological polar surface area (TPSA) is 29.1 Å². The summed E-state index contributed by atoms with van der Waals surface area (Å²) in [5.74, 6) is 0.00896. The van der Waals surface area contributed by atoms with Crippen LogP contribution in [-0.2, 0) is 0 Å². The number of carbonyl (C=O) groups is 1. The van der Waals surface area contributed by atoms with Crippen LogP contribution in [0.5, 0.6) is 0 Å². The zero-order valence-corrected chi connectivity index (χ0v) is 11.1. The van der Waals surface area contributed by atoms with Gasteiger partial charge in [-0.3, -0.25) is 4.79 Å². The number of hydrogen-bond acceptors (Lipinski definition) is 1. The Hall–Kier alpha value is -1.09. The first-order valence-electron chi connectivity index (χ1n) is 6.32. The van der Waals surface area contributed by atoms with Gasteiger partial charge in [-0.2, -0.15) is 0 Å². The van der Waals surface area contributed by atoms with Gasteiger partial charge in [-0.05, 0) is 37.0 Å². The van der Waals surface area contributed by atoms with Crippen molar-refractivity contribution in [2.45, 2.75) is 38.6 Å². The average molecular weight is 270 g/mol. The molecule has 2 unspecified atom stereocenters. The molecule has 1 N–H and O–H groups in total. The first-order valence-corrected chi connectivity index (χ1v) is 6.70. The van der Waals surface area contributed by atoms with Gasteiger partial charge in [-0.1, -0.05) is 31.4 Å². The Bertz CT molecular complexity index is 449. The predicted octanol–water partition coefficient (Wildman–Crippen LogP) is 3.79. The molecule has 0 aliphatic heterocycles. The third kappa shape index (κ3) is 3.22. The maximum Gasteiger partial charge on any atom is 0.253 e. The molecule has 1 fully saturated rings. The van der Waals surface area contributed by atoms with Gasteiger partial charge in [0.15, 0.2) is 0 Å². The van der Waals surface area contributed by atoms with Crippen molar-refractivity contribution in [1.82, 2.24) is 5.32 Å². The normalized spacial score (nSPS) is 23.7. The van der Waals surface area contributed by atoms with E-state index in [0.717, 1.165) is 19.3 Å². The fraction of sp³-hybridized carbons (Fsp3) is 0.500. The fourth-order valence-corrected chi connectivity index (χ4v) is 2.76. The molecule has 0 bridgehead atoms. The molecular formula is C14H17ClFNO. The van der Waals surface area contributed by atoms with Crippen LogP contribution >= 0.6 is 11.6 Å². The summed E-state index contributed by atoms with van der Waals surface area (Å²) in [7, 11) is 0. The monoisotopic (exact) mass is 269 g/mol. The fourth-order valence-electron chi connectivity index (χ4n) is 2.50. The molecule has 1 saturated carbocycles. The van der Waals surface area contributed by atoms with Crippen molar-refractivity contribution in [2.24, 2.45) is 5.92 Å². The van der Waals surface area contributed by atoms with E-state index in [0.29, 0.717) is 11.5 Å². The molecule has 98 valence electrons. The van der Waals surface area contributed by atoms with E-state index in [9.17, 15) is 9.18 Å². The third-order valence-corrected chi connectivity index (χ3v) is 3.76. The van der Waals surface area contributed by atoms with Crippen LogP contribution in [0.15, 0.2) is 18.2 Å². The van der Waals surface area contributed by atoms with Crippen molar-refractivity contribution in [1.29, 1.82) is 0 Å². The summed E-state index contributed by atoms with van der Waals surface area (Å²) in [6, 6.07) is 4.06. The molecule has 2 atom stereocenters. The Balaban J connectivity index is 2.03. The van der Waals surface area contributed by atoms with E-state index < -0.39 is 5.82 Å². The lowest BCUT2D eigenvalue weighted by molar-refractivity contribution is 0.0921. The number of amides is 1. The first kappa shape index (κ1) is 13.3. The summed E-state index contributed by atoms with van der Waals surface area (Å²) < 4.78 is 12.9. The molecule has 0 spiro atoms. The molecule has 0 radical (unpaired) electrons. The molecule has 2 rings (SSSR count). The van der Waals surface area contributed by atoms with Crippen molar-refractivity contribution >= 4 is 17.5 Å². The van der Waals surface area contributed by atoms with Crippen LogP contribution in [-0.4, -0.2) is 11.9 Å². The Morgan fingerprint density at radius 2 is 2.22 bits per heavy atom. The second-order valence-electron chi connectivity index (χ2n) is 5.07. The number of halogens is 2. The maximum atomic E-state index is 12.9. The van der Waals surface area contributed by atoms with E-state index >= 15 is 0 Å². The molecule has 1 aliphatic rings. The minimum Gasteiger partial charge on any atom is -0.349 e. The average Bonchev–Trinajstić information content (AvgIpc) is 2.28. The van der Waals surface area contributed by atoms with Crippen molar-refractivity contribution in [3.63, 3.8) is 0 Å². The van der Waals surface area contributed by atoms with Crippen molar-refractivity contribution in [3.05, 3.63) is 34.6 Å². The van der Waals surface area contributed by atoms with Crippen LogP contribution in [0.1, 0.15) is 43.0 Å². The standard InChI is InChI=1S/C14H17ClFNO/c1-9-3-2-4-11(7-9)17-14(18)12-6-5-10(16)8-13(12)15/h5-6,8-9,11H,2-4,7H2,1H3,(H,17,18).